The molecule has 0 aliphatic carbocycles. The summed E-state index contributed by atoms with van der Waals surface area (Å²) >= 11 is 0. The fraction of sp³-hybridized carbons (Fsp3) is 0.273. The lowest BCUT2D eigenvalue weighted by Gasteiger charge is -2.25. The van der Waals surface area contributed by atoms with Crippen LogP contribution in [0.1, 0.15) is 18.4 Å². The van der Waals surface area contributed by atoms with Gasteiger partial charge in [-0.3, -0.25) is 9.59 Å². The number of hydrogen-bond donors (Lipinski definition) is 1. The average molecular weight is 378 g/mol. The molecule has 0 bridgehead atoms. The number of benzene rings is 2. The molecule has 6 nitrogen and oxygen atoms in total. The van der Waals surface area contributed by atoms with E-state index in [1.807, 2.05) is 48.5 Å². The Morgan fingerprint density at radius 2 is 2.04 bits per heavy atom. The lowest BCUT2D eigenvalue weighted by molar-refractivity contribution is -0.127. The van der Waals surface area contributed by atoms with Gasteiger partial charge >= 0.3 is 0 Å². The van der Waals surface area contributed by atoms with Gasteiger partial charge in [0.05, 0.1) is 13.7 Å². The quantitative estimate of drug-likeness (QED) is 0.740. The number of aromatic amines is 1. The van der Waals surface area contributed by atoms with Gasteiger partial charge in [0.25, 0.3) is 11.5 Å². The molecule has 0 saturated carbocycles. The maximum atomic E-state index is 13.1. The zero-order chi connectivity index (χ0) is 19.5. The van der Waals surface area contributed by atoms with Gasteiger partial charge in [0, 0.05) is 28.8 Å². The van der Waals surface area contributed by atoms with Crippen molar-refractivity contribution in [1.29, 1.82) is 0 Å². The molecule has 1 aliphatic heterocycles. The van der Waals surface area contributed by atoms with Gasteiger partial charge in [-0.1, -0.05) is 18.2 Å². The number of anilines is 1. The number of nitrogens with zero attached hydrogens (tertiary/aromatic N) is 1. The molecular weight excluding hydrogens is 356 g/mol. The number of methoxy groups -OCH3 is 1. The molecule has 4 rings (SSSR count). The van der Waals surface area contributed by atoms with Crippen molar-refractivity contribution in [2.45, 2.75) is 25.5 Å². The van der Waals surface area contributed by atoms with Gasteiger partial charge in [-0.05, 0) is 49.2 Å². The molecule has 3 aromatic rings. The molecule has 1 amide bonds. The lowest BCUT2D eigenvalue weighted by atomic mass is 10.1. The highest BCUT2D eigenvalue weighted by molar-refractivity contribution is 5.96. The first-order valence-electron chi connectivity index (χ1n) is 9.33. The second-order valence-electron chi connectivity index (χ2n) is 6.84. The van der Waals surface area contributed by atoms with Crippen molar-refractivity contribution in [3.63, 3.8) is 0 Å². The first-order chi connectivity index (χ1) is 13.7. The predicted molar refractivity (Wildman–Crippen MR) is 108 cm³/mol. The molecule has 2 aromatic carbocycles. The highest BCUT2D eigenvalue weighted by Gasteiger charge is 2.29. The maximum absolute atomic E-state index is 13.1. The van der Waals surface area contributed by atoms with E-state index in [-0.39, 0.29) is 18.0 Å². The Morgan fingerprint density at radius 1 is 1.21 bits per heavy atom. The van der Waals surface area contributed by atoms with E-state index in [9.17, 15) is 9.59 Å². The van der Waals surface area contributed by atoms with Crippen LogP contribution < -0.4 is 15.2 Å². The van der Waals surface area contributed by atoms with Crippen LogP contribution in [0, 0.1) is 0 Å². The van der Waals surface area contributed by atoms with Crippen LogP contribution in [0.3, 0.4) is 0 Å². The highest BCUT2D eigenvalue weighted by Crippen LogP contribution is 2.23. The molecule has 1 aliphatic rings. The number of amides is 1. The summed E-state index contributed by atoms with van der Waals surface area (Å²) in [5, 5.41) is 0.853. The summed E-state index contributed by atoms with van der Waals surface area (Å²) in [5.74, 6) is 0.592. The number of nitrogens with one attached hydrogen (secondary N) is 1. The third kappa shape index (κ3) is 3.64. The van der Waals surface area contributed by atoms with Crippen molar-refractivity contribution in [2.24, 2.45) is 0 Å². The number of rotatable bonds is 5. The van der Waals surface area contributed by atoms with Gasteiger partial charge in [-0.2, -0.15) is 0 Å². The minimum atomic E-state index is -0.458. The summed E-state index contributed by atoms with van der Waals surface area (Å²) in [6.45, 7) is 0.764. The minimum Gasteiger partial charge on any atom is -0.497 e. The summed E-state index contributed by atoms with van der Waals surface area (Å²) < 4.78 is 10.9. The van der Waals surface area contributed by atoms with Crippen LogP contribution in [0.4, 0.5) is 5.69 Å². The number of carbonyl (C=O) groups excluding carboxylic acids is 1. The van der Waals surface area contributed by atoms with E-state index in [0.717, 1.165) is 23.0 Å². The number of ether oxygens (including phenoxy) is 2. The smallest absolute Gasteiger partial charge is 0.256 e. The first-order valence-corrected chi connectivity index (χ1v) is 9.33. The molecule has 144 valence electrons. The average Bonchev–Trinajstić information content (AvgIpc) is 3.27. The fourth-order valence-corrected chi connectivity index (χ4v) is 3.50. The van der Waals surface area contributed by atoms with Gasteiger partial charge in [0.2, 0.25) is 0 Å². The Kier molecular flexibility index (Phi) is 5.12. The number of para-hydroxylation sites is 1. The Labute approximate surface area is 162 Å². The predicted octanol–water partition coefficient (Wildman–Crippen LogP) is 3.25. The van der Waals surface area contributed by atoms with E-state index < -0.39 is 6.10 Å². The van der Waals surface area contributed by atoms with Crippen LogP contribution in [0.15, 0.2) is 59.4 Å². The zero-order valence-electron chi connectivity index (χ0n) is 15.7. The number of fused-ring (bicyclic) bond motifs is 1. The maximum Gasteiger partial charge on any atom is 0.256 e. The van der Waals surface area contributed by atoms with Crippen molar-refractivity contribution < 1.29 is 14.3 Å². The molecule has 28 heavy (non-hydrogen) atoms. The Morgan fingerprint density at radius 3 is 2.75 bits per heavy atom. The first kappa shape index (κ1) is 18.3. The number of aromatic nitrogens is 1. The Balaban J connectivity index is 1.72. The van der Waals surface area contributed by atoms with E-state index >= 15 is 0 Å². The Bertz CT molecular complexity index is 1040. The van der Waals surface area contributed by atoms with Gasteiger partial charge in [0.1, 0.15) is 11.9 Å². The molecule has 1 fully saturated rings. The van der Waals surface area contributed by atoms with E-state index in [1.54, 1.807) is 18.1 Å². The second kappa shape index (κ2) is 7.86. The summed E-state index contributed by atoms with van der Waals surface area (Å²) in [7, 11) is 1.60. The molecule has 1 atom stereocenters. The molecule has 1 saturated heterocycles. The molecule has 6 heteroatoms. The highest BCUT2D eigenvalue weighted by atomic mass is 16.5. The summed E-state index contributed by atoms with van der Waals surface area (Å²) in [6.07, 6.45) is 1.11. The molecular formula is C22H22N2O4. The molecule has 1 aromatic heterocycles. The monoisotopic (exact) mass is 378 g/mol. The zero-order valence-corrected chi connectivity index (χ0v) is 15.7. The van der Waals surface area contributed by atoms with Crippen LogP contribution in [0.5, 0.6) is 5.75 Å². The van der Waals surface area contributed by atoms with Crippen LogP contribution in [0.25, 0.3) is 10.9 Å². The molecule has 0 radical (unpaired) electrons. The fourth-order valence-electron chi connectivity index (χ4n) is 3.50. The topological polar surface area (TPSA) is 71.6 Å². The van der Waals surface area contributed by atoms with E-state index in [1.165, 1.54) is 0 Å². The van der Waals surface area contributed by atoms with E-state index in [0.29, 0.717) is 24.3 Å². The van der Waals surface area contributed by atoms with Gasteiger partial charge in [0.15, 0.2) is 0 Å². The summed E-state index contributed by atoms with van der Waals surface area (Å²) in [4.78, 5) is 30.3. The van der Waals surface area contributed by atoms with E-state index in [4.69, 9.17) is 9.47 Å². The third-order valence-electron chi connectivity index (χ3n) is 5.00. The normalized spacial score (nSPS) is 16.2. The second-order valence-corrected chi connectivity index (χ2v) is 6.84. The van der Waals surface area contributed by atoms with Crippen molar-refractivity contribution in [1.82, 2.24) is 4.98 Å². The number of pyridine rings is 1. The summed E-state index contributed by atoms with van der Waals surface area (Å²) in [6, 6.07) is 16.7. The molecule has 2 heterocycles. The lowest BCUT2D eigenvalue weighted by Crippen LogP contribution is -2.39. The van der Waals surface area contributed by atoms with Gasteiger partial charge in [-0.15, -0.1) is 0 Å². The van der Waals surface area contributed by atoms with Crippen LogP contribution in [-0.4, -0.2) is 30.7 Å². The van der Waals surface area contributed by atoms with Crippen molar-refractivity contribution in [2.75, 3.05) is 18.6 Å². The molecule has 1 unspecified atom stereocenters. The number of carbonyl (C=O) groups is 1. The third-order valence-corrected chi connectivity index (χ3v) is 5.00. The number of H-pyrrole nitrogens is 1. The van der Waals surface area contributed by atoms with Crippen molar-refractivity contribution in [3.05, 3.63) is 70.5 Å². The van der Waals surface area contributed by atoms with Crippen LogP contribution >= 0.6 is 0 Å². The van der Waals surface area contributed by atoms with Crippen LogP contribution in [0.2, 0.25) is 0 Å². The van der Waals surface area contributed by atoms with Crippen molar-refractivity contribution >= 4 is 22.5 Å². The standard InChI is InChI=1S/C22H22N2O4/c1-27-18-9-10-19-15(13-18)12-16(21(25)23-19)14-24(17-6-3-2-4-7-17)22(26)20-8-5-11-28-20/h2-4,6-7,9-10,12-13,20H,5,8,11,14H2,1H3,(H,23,25). The molecule has 1 N–H and O–H groups in total. The Hall–Kier alpha value is -3.12. The SMILES string of the molecule is COc1ccc2[nH]c(=O)c(CN(C(=O)C3CCCO3)c3ccccc3)cc2c1. The van der Waals surface area contributed by atoms with Gasteiger partial charge < -0.3 is 19.4 Å². The van der Waals surface area contributed by atoms with E-state index in [2.05, 4.69) is 4.98 Å². The van der Waals surface area contributed by atoms with Crippen LogP contribution in [-0.2, 0) is 16.1 Å². The van der Waals surface area contributed by atoms with Gasteiger partial charge in [-0.25, -0.2) is 0 Å². The number of hydrogen-bond acceptors (Lipinski definition) is 4. The minimum absolute atomic E-state index is 0.117. The summed E-state index contributed by atoms with van der Waals surface area (Å²) in [5.41, 5.74) is 1.77. The molecule has 0 spiro atoms. The van der Waals surface area contributed by atoms with Crippen molar-refractivity contribution in [3.8, 4) is 5.75 Å². The largest absolute Gasteiger partial charge is 0.497 e.